The average Bonchev–Trinajstić information content (AvgIpc) is 3.07. The lowest BCUT2D eigenvalue weighted by atomic mass is 10.2. The maximum absolute atomic E-state index is 11.8. The van der Waals surface area contributed by atoms with Crippen molar-refractivity contribution in [2.75, 3.05) is 43.0 Å². The summed E-state index contributed by atoms with van der Waals surface area (Å²) in [6.45, 7) is 6.98. The molecular formula is C17H27N5O2. The Kier molecular flexibility index (Phi) is 5.37. The van der Waals surface area contributed by atoms with E-state index in [-0.39, 0.29) is 6.09 Å². The van der Waals surface area contributed by atoms with Crippen LogP contribution < -0.4 is 10.2 Å². The first-order valence-corrected chi connectivity index (χ1v) is 8.94. The molecule has 0 spiro atoms. The fraction of sp³-hybridized carbons (Fsp3) is 0.706. The van der Waals surface area contributed by atoms with Crippen LogP contribution in [0.5, 0.6) is 0 Å². The molecule has 0 bridgehead atoms. The molecule has 24 heavy (non-hydrogen) atoms. The molecule has 0 atom stereocenters. The summed E-state index contributed by atoms with van der Waals surface area (Å²) < 4.78 is 5.06. The number of aryl methyl sites for hydroxylation is 1. The van der Waals surface area contributed by atoms with E-state index in [0.717, 1.165) is 30.5 Å². The highest BCUT2D eigenvalue weighted by Crippen LogP contribution is 2.23. The number of piperazine rings is 1. The van der Waals surface area contributed by atoms with Gasteiger partial charge in [-0.2, -0.15) is 4.98 Å². The molecule has 2 fully saturated rings. The molecule has 1 amide bonds. The molecule has 2 aliphatic rings. The monoisotopic (exact) mass is 333 g/mol. The number of nitrogens with zero attached hydrogens (tertiary/aromatic N) is 4. The summed E-state index contributed by atoms with van der Waals surface area (Å²) in [5, 5.41) is 3.54. The van der Waals surface area contributed by atoms with E-state index in [2.05, 4.69) is 15.2 Å². The summed E-state index contributed by atoms with van der Waals surface area (Å²) in [6.07, 6.45) is 4.80. The topological polar surface area (TPSA) is 70.6 Å². The van der Waals surface area contributed by atoms with E-state index in [1.807, 2.05) is 19.9 Å². The maximum atomic E-state index is 11.8. The number of anilines is 2. The lowest BCUT2D eigenvalue weighted by Gasteiger charge is -2.34. The van der Waals surface area contributed by atoms with Crippen LogP contribution in [-0.2, 0) is 4.74 Å². The Morgan fingerprint density at radius 2 is 1.96 bits per heavy atom. The highest BCUT2D eigenvalue weighted by molar-refractivity contribution is 5.68. The largest absolute Gasteiger partial charge is 0.450 e. The third-order valence-corrected chi connectivity index (χ3v) is 4.64. The van der Waals surface area contributed by atoms with E-state index in [1.165, 1.54) is 25.7 Å². The molecule has 1 N–H and O–H groups in total. The van der Waals surface area contributed by atoms with E-state index in [4.69, 9.17) is 9.72 Å². The number of ether oxygens (including phenoxy) is 1. The number of hydrogen-bond acceptors (Lipinski definition) is 6. The van der Waals surface area contributed by atoms with Gasteiger partial charge in [-0.3, -0.25) is 0 Å². The van der Waals surface area contributed by atoms with E-state index in [9.17, 15) is 4.79 Å². The number of amides is 1. The van der Waals surface area contributed by atoms with Crippen LogP contribution >= 0.6 is 0 Å². The molecule has 1 aromatic rings. The Morgan fingerprint density at radius 3 is 2.62 bits per heavy atom. The Hall–Kier alpha value is -2.05. The summed E-state index contributed by atoms with van der Waals surface area (Å²) in [5.74, 6) is 1.66. The molecule has 7 heteroatoms. The third-order valence-electron chi connectivity index (χ3n) is 4.64. The predicted octanol–water partition coefficient (Wildman–Crippen LogP) is 2.42. The van der Waals surface area contributed by atoms with Crippen LogP contribution in [0.2, 0.25) is 0 Å². The molecule has 2 heterocycles. The van der Waals surface area contributed by atoms with Gasteiger partial charge in [-0.1, -0.05) is 12.8 Å². The van der Waals surface area contributed by atoms with E-state index >= 15 is 0 Å². The van der Waals surface area contributed by atoms with Crippen LogP contribution in [-0.4, -0.2) is 59.8 Å². The van der Waals surface area contributed by atoms with Crippen molar-refractivity contribution in [2.24, 2.45) is 0 Å². The zero-order chi connectivity index (χ0) is 16.9. The van der Waals surface area contributed by atoms with Gasteiger partial charge in [0.2, 0.25) is 5.95 Å². The zero-order valence-corrected chi connectivity index (χ0v) is 14.6. The summed E-state index contributed by atoms with van der Waals surface area (Å²) >= 11 is 0. The van der Waals surface area contributed by atoms with Gasteiger partial charge in [0.15, 0.2) is 0 Å². The van der Waals surface area contributed by atoms with Crippen molar-refractivity contribution in [3.63, 3.8) is 0 Å². The molecule has 0 unspecified atom stereocenters. The number of carbonyl (C=O) groups excluding carboxylic acids is 1. The third kappa shape index (κ3) is 4.07. The Labute approximate surface area is 143 Å². The van der Waals surface area contributed by atoms with Crippen molar-refractivity contribution in [2.45, 2.75) is 45.6 Å². The highest BCUT2D eigenvalue weighted by atomic mass is 16.6. The second-order valence-electron chi connectivity index (χ2n) is 6.49. The summed E-state index contributed by atoms with van der Waals surface area (Å²) in [7, 11) is 0. The van der Waals surface area contributed by atoms with Crippen molar-refractivity contribution in [3.8, 4) is 0 Å². The van der Waals surface area contributed by atoms with Gasteiger partial charge < -0.3 is 19.9 Å². The molecule has 3 rings (SSSR count). The molecule has 1 aromatic heterocycles. The smallest absolute Gasteiger partial charge is 0.409 e. The minimum Gasteiger partial charge on any atom is -0.450 e. The van der Waals surface area contributed by atoms with Crippen molar-refractivity contribution in [1.29, 1.82) is 0 Å². The van der Waals surface area contributed by atoms with Gasteiger partial charge in [-0.15, -0.1) is 0 Å². The van der Waals surface area contributed by atoms with Crippen LogP contribution in [0.25, 0.3) is 0 Å². The average molecular weight is 333 g/mol. The first-order valence-electron chi connectivity index (χ1n) is 8.94. The molecule has 1 aliphatic heterocycles. The maximum Gasteiger partial charge on any atom is 0.409 e. The fourth-order valence-electron chi connectivity index (χ4n) is 3.35. The standard InChI is InChI=1S/C17H27N5O2/c1-3-24-17(23)22-10-8-21(9-11-22)16-18-13(2)12-15(20-16)19-14-6-4-5-7-14/h12,14H,3-11H2,1-2H3,(H,18,19,20). The molecule has 1 saturated heterocycles. The number of aromatic nitrogens is 2. The molecule has 132 valence electrons. The Bertz CT molecular complexity index is 566. The SMILES string of the molecule is CCOC(=O)N1CCN(c2nc(C)cc(NC3CCCC3)n2)CC1. The van der Waals surface area contributed by atoms with Gasteiger partial charge in [-0.25, -0.2) is 9.78 Å². The Balaban J connectivity index is 1.62. The van der Waals surface area contributed by atoms with Crippen LogP contribution in [0, 0.1) is 6.92 Å². The van der Waals surface area contributed by atoms with Crippen LogP contribution in [0.4, 0.5) is 16.6 Å². The lowest BCUT2D eigenvalue weighted by molar-refractivity contribution is 0.105. The second kappa shape index (κ2) is 7.68. The minimum absolute atomic E-state index is 0.231. The Morgan fingerprint density at radius 1 is 1.25 bits per heavy atom. The molecule has 0 radical (unpaired) electrons. The van der Waals surface area contributed by atoms with Crippen LogP contribution in [0.15, 0.2) is 6.07 Å². The number of carbonyl (C=O) groups is 1. The van der Waals surface area contributed by atoms with Gasteiger partial charge in [-0.05, 0) is 26.7 Å². The molecule has 0 aromatic carbocycles. The number of nitrogens with one attached hydrogen (secondary N) is 1. The van der Waals surface area contributed by atoms with Crippen molar-refractivity contribution in [3.05, 3.63) is 11.8 Å². The van der Waals surface area contributed by atoms with Gasteiger partial charge in [0.1, 0.15) is 5.82 Å². The predicted molar refractivity (Wildman–Crippen MR) is 93.5 cm³/mol. The fourth-order valence-corrected chi connectivity index (χ4v) is 3.35. The number of hydrogen-bond donors (Lipinski definition) is 1. The van der Waals surface area contributed by atoms with Gasteiger partial charge in [0.25, 0.3) is 0 Å². The first kappa shape index (κ1) is 16.8. The van der Waals surface area contributed by atoms with E-state index < -0.39 is 0 Å². The summed E-state index contributed by atoms with van der Waals surface area (Å²) in [6, 6.07) is 2.55. The van der Waals surface area contributed by atoms with Crippen molar-refractivity contribution < 1.29 is 9.53 Å². The quantitative estimate of drug-likeness (QED) is 0.912. The van der Waals surface area contributed by atoms with Crippen molar-refractivity contribution in [1.82, 2.24) is 14.9 Å². The van der Waals surface area contributed by atoms with Crippen molar-refractivity contribution >= 4 is 17.9 Å². The van der Waals surface area contributed by atoms with Crippen LogP contribution in [0.1, 0.15) is 38.3 Å². The van der Waals surface area contributed by atoms with E-state index in [1.54, 1.807) is 4.90 Å². The molecular weight excluding hydrogens is 306 g/mol. The minimum atomic E-state index is -0.231. The normalized spacial score (nSPS) is 18.8. The van der Waals surface area contributed by atoms with Crippen LogP contribution in [0.3, 0.4) is 0 Å². The van der Waals surface area contributed by atoms with Gasteiger partial charge in [0.05, 0.1) is 6.61 Å². The summed E-state index contributed by atoms with van der Waals surface area (Å²) in [5.41, 5.74) is 0.966. The van der Waals surface area contributed by atoms with Gasteiger partial charge >= 0.3 is 6.09 Å². The highest BCUT2D eigenvalue weighted by Gasteiger charge is 2.24. The molecule has 7 nitrogen and oxygen atoms in total. The summed E-state index contributed by atoms with van der Waals surface area (Å²) in [4.78, 5) is 24.9. The first-order chi connectivity index (χ1) is 11.7. The number of rotatable bonds is 4. The zero-order valence-electron chi connectivity index (χ0n) is 14.6. The lowest BCUT2D eigenvalue weighted by Crippen LogP contribution is -2.49. The van der Waals surface area contributed by atoms with Gasteiger partial charge in [0, 0.05) is 44.0 Å². The molecule has 1 aliphatic carbocycles. The van der Waals surface area contributed by atoms with E-state index in [0.29, 0.717) is 25.7 Å². The second-order valence-corrected chi connectivity index (χ2v) is 6.49. The molecule has 1 saturated carbocycles.